The van der Waals surface area contributed by atoms with E-state index in [1.165, 1.54) is 12.0 Å². The smallest absolute Gasteiger partial charge is 0.329 e. The fourth-order valence-electron chi connectivity index (χ4n) is 13.5. The first-order valence-corrected chi connectivity index (χ1v) is 33.2. The molecule has 21 heteroatoms. The summed E-state index contributed by atoms with van der Waals surface area (Å²) in [6.07, 6.45) is 16.8. The Kier molecular flexibility index (Phi) is 29.7. The number of Topliss-reactive ketones (excluding diaryl/α,β-unsaturated/α-hetero) is 2. The number of ether oxygens (including phenoxy) is 8. The highest BCUT2D eigenvalue weighted by atomic mass is 16.6. The predicted molar refractivity (Wildman–Crippen MR) is 340 cm³/mol. The van der Waals surface area contributed by atoms with E-state index in [9.17, 15) is 39.0 Å². The number of aliphatic hydroxyl groups excluding tert-OH is 1. The molecule has 0 spiro atoms. The molecule has 5 heterocycles. The minimum Gasteiger partial charge on any atom is -0.460 e. The van der Waals surface area contributed by atoms with Gasteiger partial charge in [0, 0.05) is 117 Å². The van der Waals surface area contributed by atoms with E-state index in [0.717, 1.165) is 17.6 Å². The molecule has 0 radical (unpaired) electrons. The quantitative estimate of drug-likeness (QED) is 0.0647. The lowest BCUT2D eigenvalue weighted by Crippen LogP contribution is -2.61. The highest BCUT2D eigenvalue weighted by Gasteiger charge is 2.53. The second-order valence-corrected chi connectivity index (χ2v) is 26.1. The summed E-state index contributed by atoms with van der Waals surface area (Å²) in [5, 5.41) is 23.9. The van der Waals surface area contributed by atoms with Crippen molar-refractivity contribution in [3.05, 3.63) is 65.6 Å². The second-order valence-electron chi connectivity index (χ2n) is 26.1. The molecule has 1 aromatic rings. The van der Waals surface area contributed by atoms with Crippen LogP contribution in [-0.2, 0) is 73.1 Å². The van der Waals surface area contributed by atoms with Gasteiger partial charge in [-0.05, 0) is 125 Å². The molecule has 4 fully saturated rings. The standard InChI is InChI=1S/C69H107N5O16/c1-13-34-87-35-28-60(75)72-30-32-73(33-31-72)68-70-42-52(43-71-68)24-27-61(76)88-55-26-23-51(39-59(55)85-11)38-47(5)58-41-57(84-10)46(4)37-49(7)63(78)64(86-12)62(77)48(6)36-44(2)19-15-14-16-20-45(3)56(83-9)40-53-25-22-50(8)69(82,90-53)65(79)66(80)74-29-18-17-21-54(74)67(81)89-58/h14-16,19-20,37,42-44,46-48,50-51,53-59,63-64,78,82H,13,17-18,21-36,38-41H2,1-12H3/b16-14+,19-15+,45-20+,49-37+/t44-,46-,47-,48-,50-,51+,53+,54+,55-,56+,57-,58+,59-,63-,64+,69-/m1/s1. The van der Waals surface area contributed by atoms with Crippen LogP contribution in [0.15, 0.2) is 60.0 Å². The molecule has 1 aliphatic carbocycles. The molecule has 0 aromatic carbocycles. The minimum atomic E-state index is -2.44. The van der Waals surface area contributed by atoms with Crippen molar-refractivity contribution in [1.29, 1.82) is 0 Å². The molecule has 2 bridgehead atoms. The highest BCUT2D eigenvalue weighted by Crippen LogP contribution is 2.39. The van der Waals surface area contributed by atoms with Gasteiger partial charge in [-0.1, -0.05) is 78.0 Å². The van der Waals surface area contributed by atoms with Crippen molar-refractivity contribution in [3.8, 4) is 0 Å². The van der Waals surface area contributed by atoms with Crippen molar-refractivity contribution in [1.82, 2.24) is 19.8 Å². The zero-order chi connectivity index (χ0) is 65.7. The number of aryl methyl sites for hydroxylation is 1. The van der Waals surface area contributed by atoms with E-state index in [1.807, 2.05) is 82.9 Å². The summed E-state index contributed by atoms with van der Waals surface area (Å²) in [5.74, 6) is -6.89. The number of esters is 2. The van der Waals surface area contributed by atoms with Crippen LogP contribution in [0.3, 0.4) is 0 Å². The van der Waals surface area contributed by atoms with Gasteiger partial charge in [-0.2, -0.15) is 0 Å². The topological polar surface area (TPSA) is 252 Å². The van der Waals surface area contributed by atoms with E-state index in [4.69, 9.17) is 37.9 Å². The number of allylic oxidation sites excluding steroid dienone is 5. The Hall–Kier alpha value is -5.26. The van der Waals surface area contributed by atoms with Crippen LogP contribution >= 0.6 is 0 Å². The van der Waals surface area contributed by atoms with Crippen LogP contribution in [0.25, 0.3) is 0 Å². The minimum absolute atomic E-state index is 0.0194. The maximum atomic E-state index is 14.9. The van der Waals surface area contributed by atoms with Gasteiger partial charge in [0.05, 0.1) is 37.4 Å². The first-order chi connectivity index (χ1) is 43.0. The molecule has 90 heavy (non-hydrogen) atoms. The summed E-state index contributed by atoms with van der Waals surface area (Å²) in [7, 11) is 6.19. The van der Waals surface area contributed by atoms with Gasteiger partial charge < -0.3 is 62.8 Å². The first kappa shape index (κ1) is 73.8. The molecule has 1 aromatic heterocycles. The average Bonchev–Trinajstić information content (AvgIpc) is 1.25. The van der Waals surface area contributed by atoms with Gasteiger partial charge in [-0.15, -0.1) is 0 Å². The van der Waals surface area contributed by atoms with Gasteiger partial charge in [0.2, 0.25) is 17.6 Å². The molecule has 16 atom stereocenters. The summed E-state index contributed by atoms with van der Waals surface area (Å²) in [6.45, 7) is 18.8. The number of piperidine rings is 1. The predicted octanol–water partition coefficient (Wildman–Crippen LogP) is 8.07. The molecule has 504 valence electrons. The van der Waals surface area contributed by atoms with Gasteiger partial charge in [0.1, 0.15) is 30.5 Å². The van der Waals surface area contributed by atoms with E-state index in [2.05, 4.69) is 14.9 Å². The van der Waals surface area contributed by atoms with Crippen LogP contribution in [0.4, 0.5) is 5.95 Å². The third-order valence-corrected chi connectivity index (χ3v) is 19.2. The maximum absolute atomic E-state index is 14.9. The Bertz CT molecular complexity index is 2610. The number of amides is 2. The number of hydrogen-bond acceptors (Lipinski definition) is 19. The largest absolute Gasteiger partial charge is 0.460 e. The van der Waals surface area contributed by atoms with Gasteiger partial charge >= 0.3 is 11.9 Å². The van der Waals surface area contributed by atoms with Gasteiger partial charge in [0.25, 0.3) is 11.7 Å². The highest BCUT2D eigenvalue weighted by molar-refractivity contribution is 6.39. The van der Waals surface area contributed by atoms with Crippen molar-refractivity contribution in [3.63, 3.8) is 0 Å². The lowest BCUT2D eigenvalue weighted by Gasteiger charge is -2.43. The average molecular weight is 1260 g/mol. The molecule has 3 saturated heterocycles. The number of fused-ring (bicyclic) bond motifs is 3. The van der Waals surface area contributed by atoms with E-state index < -0.39 is 90.2 Å². The molecular formula is C69H107N5O16. The molecule has 6 rings (SSSR count). The Morgan fingerprint density at radius 1 is 0.778 bits per heavy atom. The van der Waals surface area contributed by atoms with E-state index in [1.54, 1.807) is 47.6 Å². The second kappa shape index (κ2) is 36.3. The number of rotatable bonds is 17. The van der Waals surface area contributed by atoms with Crippen molar-refractivity contribution in [2.75, 3.05) is 79.3 Å². The SMILES string of the molecule is CCCOCCC(=O)N1CCN(c2ncc(CCC(=O)O[C@@H]3CC[C@@H](C[C@@H](C)[C@@H]4C[C@@H](OC)[C@H](C)/C=C(\C)[C@@H](O)[C@@H](OC)C(=O)[C@H](C)C[C@H](C)/C=C/C=C/C=C(\C)[C@@H](OC)C[C@@H]5CC[C@@H](C)[C@@](O)(O5)C(=O)C(=O)N5CCCC[C@H]5C(=O)O4)C[C@H]3OC)cn2)CC1. The third kappa shape index (κ3) is 20.6. The summed E-state index contributed by atoms with van der Waals surface area (Å²) in [4.78, 5) is 98.3. The van der Waals surface area contributed by atoms with Gasteiger partial charge in [-0.3, -0.25) is 24.0 Å². The summed E-state index contributed by atoms with van der Waals surface area (Å²) >= 11 is 0. The van der Waals surface area contributed by atoms with E-state index in [0.29, 0.717) is 128 Å². The third-order valence-electron chi connectivity index (χ3n) is 19.2. The van der Waals surface area contributed by atoms with Crippen LogP contribution in [0.5, 0.6) is 0 Å². The first-order valence-electron chi connectivity index (χ1n) is 33.2. The van der Waals surface area contributed by atoms with E-state index in [-0.39, 0.29) is 67.1 Å². The monoisotopic (exact) mass is 1260 g/mol. The number of cyclic esters (lactones) is 1. The number of carbonyl (C=O) groups is 6. The van der Waals surface area contributed by atoms with Crippen LogP contribution in [0, 0.1) is 35.5 Å². The number of nitrogens with zero attached hydrogens (tertiary/aromatic N) is 5. The van der Waals surface area contributed by atoms with Crippen molar-refractivity contribution >= 4 is 41.3 Å². The number of aromatic nitrogens is 2. The zero-order valence-corrected chi connectivity index (χ0v) is 55.9. The summed E-state index contributed by atoms with van der Waals surface area (Å²) < 4.78 is 48.2. The molecule has 2 amide bonds. The number of anilines is 1. The number of methoxy groups -OCH3 is 4. The number of carbonyl (C=O) groups excluding carboxylic acids is 6. The zero-order valence-electron chi connectivity index (χ0n) is 55.9. The van der Waals surface area contributed by atoms with Gasteiger partial charge in [0.15, 0.2) is 5.78 Å². The summed E-state index contributed by atoms with van der Waals surface area (Å²) in [5.41, 5.74) is 2.18. The summed E-state index contributed by atoms with van der Waals surface area (Å²) in [6, 6.07) is -1.13. The van der Waals surface area contributed by atoms with E-state index >= 15 is 0 Å². The molecule has 0 unspecified atom stereocenters. The number of hydrogen-bond donors (Lipinski definition) is 2. The lowest BCUT2D eigenvalue weighted by molar-refractivity contribution is -0.265. The molecule has 1 saturated carbocycles. The Morgan fingerprint density at radius 3 is 2.18 bits per heavy atom. The van der Waals surface area contributed by atoms with Crippen LogP contribution in [0.2, 0.25) is 0 Å². The van der Waals surface area contributed by atoms with Crippen molar-refractivity contribution in [2.24, 2.45) is 35.5 Å². The number of piperazine rings is 1. The van der Waals surface area contributed by atoms with Crippen LogP contribution < -0.4 is 4.90 Å². The Balaban J connectivity index is 1.16. The Morgan fingerprint density at radius 2 is 1.50 bits per heavy atom. The Labute approximate surface area is 535 Å². The fourth-order valence-corrected chi connectivity index (χ4v) is 13.5. The van der Waals surface area contributed by atoms with Crippen molar-refractivity contribution in [2.45, 2.75) is 219 Å². The molecule has 21 nitrogen and oxygen atoms in total. The molecule has 4 aliphatic heterocycles. The van der Waals surface area contributed by atoms with Crippen molar-refractivity contribution < 1.29 is 76.9 Å². The fraction of sp³-hybridized carbons (Fsp3) is 0.739. The maximum Gasteiger partial charge on any atom is 0.329 e. The van der Waals surface area contributed by atoms with Gasteiger partial charge in [-0.25, -0.2) is 14.8 Å². The van der Waals surface area contributed by atoms with Crippen LogP contribution in [-0.4, -0.2) is 200 Å². The van der Waals surface area contributed by atoms with Crippen LogP contribution in [0.1, 0.15) is 157 Å². The normalized spacial score (nSPS) is 34.2. The number of ketones is 2. The lowest BCUT2D eigenvalue weighted by atomic mass is 9.78. The number of aliphatic hydroxyl groups is 2. The molecule has 5 aliphatic rings. The molecule has 2 N–H and O–H groups in total. The molecular weight excluding hydrogens is 1150 g/mol.